The van der Waals surface area contributed by atoms with Gasteiger partial charge in [-0.1, -0.05) is 0 Å². The minimum absolute atomic E-state index is 0.641. The number of rotatable bonds is 16. The summed E-state index contributed by atoms with van der Waals surface area (Å²) in [5, 5.41) is 5.10. The Morgan fingerprint density at radius 2 is 0.762 bits per heavy atom. The van der Waals surface area contributed by atoms with Crippen LogP contribution in [0.25, 0.3) is 0 Å². The highest BCUT2D eigenvalue weighted by molar-refractivity contribution is 5.74. The first-order chi connectivity index (χ1) is 29.4. The van der Waals surface area contributed by atoms with Crippen LogP contribution >= 0.6 is 0 Å². The smallest absolute Gasteiger partial charge is 0.305 e. The number of carbonyl (C=O) groups is 10. The molecule has 63 heavy (non-hydrogen) atoms. The first-order valence-corrected chi connectivity index (χ1v) is 19.5. The van der Waals surface area contributed by atoms with E-state index in [0.717, 1.165) is 69.2 Å². The molecule has 3 saturated heterocycles. The van der Waals surface area contributed by atoms with Crippen LogP contribution in [0.1, 0.15) is 76.2 Å². The molecule has 0 aromatic heterocycles. The molecule has 3 aliphatic heterocycles. The van der Waals surface area contributed by atoms with Gasteiger partial charge in [-0.3, -0.25) is 47.9 Å². The van der Waals surface area contributed by atoms with Crippen LogP contribution in [0.5, 0.6) is 0 Å². The van der Waals surface area contributed by atoms with Gasteiger partial charge in [0, 0.05) is 69.2 Å². The number of ether oxygens (including phenoxy) is 13. The summed E-state index contributed by atoms with van der Waals surface area (Å²) in [5.41, 5.74) is 0. The predicted molar refractivity (Wildman–Crippen MR) is 199 cm³/mol. The molecule has 3 aliphatic rings. The third-order valence-electron chi connectivity index (χ3n) is 9.04. The molecule has 0 aromatic rings. The van der Waals surface area contributed by atoms with Gasteiger partial charge in [0.25, 0.3) is 0 Å². The Kier molecular flexibility index (Phi) is 19.1. The Hall–Kier alpha value is -5.50. The van der Waals surface area contributed by atoms with Crippen LogP contribution in [-0.4, -0.2) is 165 Å². The molecular formula is C38H54N2O23. The minimum Gasteiger partial charge on any atom is -0.463 e. The van der Waals surface area contributed by atoms with Gasteiger partial charge in [-0.05, 0) is 6.92 Å². The third kappa shape index (κ3) is 15.4. The summed E-state index contributed by atoms with van der Waals surface area (Å²) in [4.78, 5) is 125. The van der Waals surface area contributed by atoms with Crippen molar-refractivity contribution in [1.29, 1.82) is 0 Å². The van der Waals surface area contributed by atoms with Gasteiger partial charge in [0.15, 0.2) is 43.1 Å². The molecule has 2 amide bonds. The van der Waals surface area contributed by atoms with Gasteiger partial charge in [0.05, 0.1) is 6.10 Å². The summed E-state index contributed by atoms with van der Waals surface area (Å²) in [6, 6.07) is -3.22. The van der Waals surface area contributed by atoms with E-state index in [4.69, 9.17) is 61.6 Å². The van der Waals surface area contributed by atoms with Crippen molar-refractivity contribution >= 4 is 59.6 Å². The SMILES string of the molecule is CC(=O)N[C@H]1[C@H](O[C@H]2[C@H](O[C@@H]3O[C@@H](C)[C@@H](OC(C)=O)[C@@H](OC(C)=O)[C@@H]3OC(C)=O)[C@@H](NC(C)=O)C(OC(C)=O)O[C@@H]2COC(C)=O)O[C@H](COC(C)=O)[C@@H](OC(C)=O)[C@@H]1OC(C)=O. The van der Waals surface area contributed by atoms with E-state index < -0.39 is 165 Å². The molecule has 3 rings (SSSR count). The number of esters is 8. The average Bonchev–Trinajstić information content (AvgIpc) is 3.12. The highest BCUT2D eigenvalue weighted by Crippen LogP contribution is 2.37. The topological polar surface area (TPSA) is 315 Å². The molecule has 1 unspecified atom stereocenters. The van der Waals surface area contributed by atoms with E-state index in [2.05, 4.69) is 10.6 Å². The molecule has 0 spiro atoms. The fourth-order valence-corrected chi connectivity index (χ4v) is 7.01. The molecule has 3 heterocycles. The number of amides is 2. The van der Waals surface area contributed by atoms with Gasteiger partial charge in [-0.15, -0.1) is 0 Å². The first kappa shape index (κ1) is 51.8. The first-order valence-electron chi connectivity index (χ1n) is 19.5. The van der Waals surface area contributed by atoms with Gasteiger partial charge in [0.2, 0.25) is 18.1 Å². The second-order valence-corrected chi connectivity index (χ2v) is 14.5. The van der Waals surface area contributed by atoms with Gasteiger partial charge >= 0.3 is 47.8 Å². The largest absolute Gasteiger partial charge is 0.463 e. The molecule has 0 aromatic carbocycles. The minimum atomic E-state index is -1.86. The maximum atomic E-state index is 12.9. The Morgan fingerprint density at radius 1 is 0.381 bits per heavy atom. The second kappa shape index (κ2) is 23.3. The third-order valence-corrected chi connectivity index (χ3v) is 9.04. The van der Waals surface area contributed by atoms with Crippen molar-refractivity contribution in [2.24, 2.45) is 0 Å². The zero-order valence-electron chi connectivity index (χ0n) is 36.5. The fraction of sp³-hybridized carbons (Fsp3) is 0.737. The quantitative estimate of drug-likeness (QED) is 0.129. The lowest BCUT2D eigenvalue weighted by atomic mass is 9.93. The highest BCUT2D eigenvalue weighted by Gasteiger charge is 2.59. The summed E-state index contributed by atoms with van der Waals surface area (Å²) in [6.45, 7) is 10.5. The van der Waals surface area contributed by atoms with Crippen molar-refractivity contribution in [3.8, 4) is 0 Å². The zero-order valence-corrected chi connectivity index (χ0v) is 36.5. The van der Waals surface area contributed by atoms with Gasteiger partial charge < -0.3 is 72.2 Å². The van der Waals surface area contributed by atoms with Crippen LogP contribution in [0.15, 0.2) is 0 Å². The zero-order chi connectivity index (χ0) is 47.5. The van der Waals surface area contributed by atoms with Crippen molar-refractivity contribution in [2.45, 2.75) is 168 Å². The van der Waals surface area contributed by atoms with Crippen LogP contribution in [0.3, 0.4) is 0 Å². The normalized spacial score (nSPS) is 32.6. The van der Waals surface area contributed by atoms with Gasteiger partial charge in [-0.25, -0.2) is 0 Å². The molecule has 0 saturated carbocycles. The van der Waals surface area contributed by atoms with Crippen molar-refractivity contribution in [2.75, 3.05) is 13.2 Å². The van der Waals surface area contributed by atoms with Crippen LogP contribution in [0.4, 0.5) is 0 Å². The maximum absolute atomic E-state index is 12.9. The molecule has 15 atom stereocenters. The summed E-state index contributed by atoms with van der Waals surface area (Å²) >= 11 is 0. The van der Waals surface area contributed by atoms with E-state index in [1.807, 2.05) is 0 Å². The summed E-state index contributed by atoms with van der Waals surface area (Å²) in [6.07, 6.45) is -21.2. The van der Waals surface area contributed by atoms with E-state index in [-0.39, 0.29) is 0 Å². The van der Waals surface area contributed by atoms with Crippen LogP contribution < -0.4 is 10.6 Å². The predicted octanol–water partition coefficient (Wildman–Crippen LogP) is -1.69. The number of hydrogen-bond acceptors (Lipinski definition) is 23. The van der Waals surface area contributed by atoms with E-state index in [1.165, 1.54) is 6.92 Å². The van der Waals surface area contributed by atoms with Crippen molar-refractivity contribution in [1.82, 2.24) is 10.6 Å². The molecular weight excluding hydrogens is 852 g/mol. The summed E-state index contributed by atoms with van der Waals surface area (Å²) in [7, 11) is 0. The highest BCUT2D eigenvalue weighted by atomic mass is 16.8. The number of hydrogen-bond donors (Lipinski definition) is 2. The Bertz CT molecular complexity index is 1720. The molecule has 0 bridgehead atoms. The lowest BCUT2D eigenvalue weighted by Gasteiger charge is -2.51. The van der Waals surface area contributed by atoms with E-state index in [0.29, 0.717) is 0 Å². The Morgan fingerprint density at radius 3 is 1.22 bits per heavy atom. The van der Waals surface area contributed by atoms with Crippen molar-refractivity contribution in [3.63, 3.8) is 0 Å². The molecule has 0 radical (unpaired) electrons. The Balaban J connectivity index is 2.35. The van der Waals surface area contributed by atoms with E-state index in [9.17, 15) is 47.9 Å². The van der Waals surface area contributed by atoms with E-state index >= 15 is 0 Å². The summed E-state index contributed by atoms with van der Waals surface area (Å²) < 4.78 is 75.0. The van der Waals surface area contributed by atoms with Crippen molar-refractivity contribution < 1.29 is 110 Å². The van der Waals surface area contributed by atoms with Crippen LogP contribution in [-0.2, 0) is 110 Å². The maximum Gasteiger partial charge on any atom is 0.305 e. The number of carbonyl (C=O) groups excluding carboxylic acids is 10. The van der Waals surface area contributed by atoms with Crippen molar-refractivity contribution in [3.05, 3.63) is 0 Å². The standard InChI is InChI=1S/C38H54N2O23/c1-14-29(54-19(6)45)34(57-22(9)48)35(58-23(10)49)38(53-14)63-33-28(40-16(3)42)36(59-24(11)50)60-26(13-52-18(5)44)31(33)62-37-27(39-15(2)41)32(56-21(8)47)30(55-20(7)46)25(61-37)12-51-17(4)43/h14,25-38H,12-13H2,1-11H3,(H,39,41)(H,40,42)/t14-,25+,26+,27+,28+,29+,30+,31+,32+,33+,34+,35-,36?,37-,38-/m0/s1. The molecule has 25 nitrogen and oxygen atoms in total. The molecule has 25 heteroatoms. The lowest BCUT2D eigenvalue weighted by molar-refractivity contribution is -0.363. The van der Waals surface area contributed by atoms with Crippen LogP contribution in [0, 0.1) is 0 Å². The summed E-state index contributed by atoms with van der Waals surface area (Å²) in [5.74, 6) is -8.61. The molecule has 354 valence electrons. The molecule has 2 N–H and O–H groups in total. The van der Waals surface area contributed by atoms with Crippen LogP contribution in [0.2, 0.25) is 0 Å². The number of nitrogens with one attached hydrogen (secondary N) is 2. The monoisotopic (exact) mass is 906 g/mol. The lowest BCUT2D eigenvalue weighted by Crippen LogP contribution is -2.71. The van der Waals surface area contributed by atoms with Gasteiger partial charge in [-0.2, -0.15) is 0 Å². The second-order valence-electron chi connectivity index (χ2n) is 14.5. The average molecular weight is 907 g/mol. The molecule has 3 fully saturated rings. The fourth-order valence-electron chi connectivity index (χ4n) is 7.01. The Labute approximate surface area is 360 Å². The molecule has 0 aliphatic carbocycles. The van der Waals surface area contributed by atoms with Gasteiger partial charge in [0.1, 0.15) is 49.7 Å². The van der Waals surface area contributed by atoms with E-state index in [1.54, 1.807) is 0 Å².